The number of aromatic nitrogens is 2. The summed E-state index contributed by atoms with van der Waals surface area (Å²) < 4.78 is 12.1. The Labute approximate surface area is 318 Å². The molecule has 2 fully saturated rings. The predicted octanol–water partition coefficient (Wildman–Crippen LogP) is 4.82. The Balaban J connectivity index is 1.20. The van der Waals surface area contributed by atoms with Crippen LogP contribution in [0.4, 0.5) is 20.2 Å². The minimum atomic E-state index is -1.19. The van der Waals surface area contributed by atoms with Gasteiger partial charge in [-0.1, -0.05) is 12.1 Å². The van der Waals surface area contributed by atoms with Crippen molar-refractivity contribution in [1.29, 1.82) is 0 Å². The molecule has 4 N–H and O–H groups in total. The van der Waals surface area contributed by atoms with E-state index in [-0.39, 0.29) is 50.0 Å². The van der Waals surface area contributed by atoms with E-state index >= 15 is 0 Å². The van der Waals surface area contributed by atoms with Crippen LogP contribution >= 0.6 is 0 Å². The van der Waals surface area contributed by atoms with Crippen LogP contribution in [0.25, 0.3) is 5.69 Å². The van der Waals surface area contributed by atoms with E-state index < -0.39 is 34.6 Å². The van der Waals surface area contributed by atoms with Crippen LogP contribution in [0.5, 0.6) is 0 Å². The normalized spacial score (nSPS) is 18.7. The fourth-order valence-corrected chi connectivity index (χ4v) is 6.66. The van der Waals surface area contributed by atoms with Gasteiger partial charge in [-0.05, 0) is 124 Å². The van der Waals surface area contributed by atoms with Gasteiger partial charge in [0, 0.05) is 51.0 Å². The summed E-state index contributed by atoms with van der Waals surface area (Å²) in [5.74, 6) is 0.309. The molecule has 15 nitrogen and oxygen atoms in total. The number of amides is 5. The summed E-state index contributed by atoms with van der Waals surface area (Å²) in [5.41, 5.74) is -1.10. The molecule has 1 atom stereocenters. The Morgan fingerprint density at radius 2 is 1.39 bits per heavy atom. The number of carbonyl (C=O) groups is 4. The van der Waals surface area contributed by atoms with Gasteiger partial charge in [-0.3, -0.25) is 14.7 Å². The van der Waals surface area contributed by atoms with Crippen molar-refractivity contribution in [2.45, 2.75) is 123 Å². The highest BCUT2D eigenvalue weighted by atomic mass is 16.6. The number of carbonyl (C=O) groups excluding carboxylic acids is 4. The molecular formula is C39H60N8O7. The van der Waals surface area contributed by atoms with Crippen molar-refractivity contribution in [3.05, 3.63) is 52.6 Å². The molecule has 1 aliphatic heterocycles. The van der Waals surface area contributed by atoms with E-state index in [4.69, 9.17) is 9.47 Å². The SMILES string of the molecule is CC(Cc1ccc(-n2ccc(NC(=O)N3CCN(C(=O)C(C)(C)NC(=O)OC(C)(C)C)CC3)nc2=O)cc1)NC1CCC(CNC(=O)OC(C)(C)C)CC1. The highest BCUT2D eigenvalue weighted by molar-refractivity contribution is 5.90. The van der Waals surface area contributed by atoms with E-state index in [1.807, 2.05) is 45.0 Å². The molecule has 0 radical (unpaired) electrons. The fourth-order valence-electron chi connectivity index (χ4n) is 6.66. The number of urea groups is 1. The molecule has 1 aromatic heterocycles. The number of benzene rings is 1. The van der Waals surface area contributed by atoms with Crippen LogP contribution in [0.2, 0.25) is 0 Å². The molecule has 1 unspecified atom stereocenters. The van der Waals surface area contributed by atoms with Crippen molar-refractivity contribution >= 4 is 29.9 Å². The average Bonchev–Trinajstić information content (AvgIpc) is 3.06. The summed E-state index contributed by atoms with van der Waals surface area (Å²) in [7, 11) is 0. The number of alkyl carbamates (subject to hydrolysis) is 2. The molecule has 0 spiro atoms. The van der Waals surface area contributed by atoms with Gasteiger partial charge in [-0.2, -0.15) is 4.98 Å². The molecule has 1 aliphatic carbocycles. The molecule has 298 valence electrons. The van der Waals surface area contributed by atoms with Gasteiger partial charge in [0.15, 0.2) is 0 Å². The lowest BCUT2D eigenvalue weighted by atomic mass is 9.85. The smallest absolute Gasteiger partial charge is 0.408 e. The lowest BCUT2D eigenvalue weighted by Gasteiger charge is -2.38. The fraction of sp³-hybridized carbons (Fsp3) is 0.641. The van der Waals surface area contributed by atoms with Crippen molar-refractivity contribution in [2.75, 3.05) is 38.0 Å². The lowest BCUT2D eigenvalue weighted by molar-refractivity contribution is -0.138. The molecule has 0 bridgehead atoms. The molecule has 54 heavy (non-hydrogen) atoms. The minimum Gasteiger partial charge on any atom is -0.444 e. The molecule has 15 heteroatoms. The minimum absolute atomic E-state index is 0.132. The molecular weight excluding hydrogens is 692 g/mol. The Bertz CT molecular complexity index is 1660. The van der Waals surface area contributed by atoms with Crippen LogP contribution in [0.1, 0.15) is 93.6 Å². The first kappa shape index (κ1) is 42.1. The molecule has 4 rings (SSSR count). The zero-order valence-electron chi connectivity index (χ0n) is 33.4. The van der Waals surface area contributed by atoms with Gasteiger partial charge in [0.2, 0.25) is 5.91 Å². The number of hydrogen-bond donors (Lipinski definition) is 4. The maximum absolute atomic E-state index is 13.2. The highest BCUT2D eigenvalue weighted by Crippen LogP contribution is 2.25. The summed E-state index contributed by atoms with van der Waals surface area (Å²) in [6, 6.07) is 9.64. The van der Waals surface area contributed by atoms with Crippen LogP contribution in [-0.2, 0) is 20.7 Å². The Hall–Kier alpha value is -4.66. The second-order valence-corrected chi connectivity index (χ2v) is 17.0. The number of nitrogens with one attached hydrogen (secondary N) is 4. The Morgan fingerprint density at radius 1 is 0.815 bits per heavy atom. The van der Waals surface area contributed by atoms with Gasteiger partial charge >= 0.3 is 23.9 Å². The van der Waals surface area contributed by atoms with Gasteiger partial charge in [0.05, 0.1) is 5.69 Å². The molecule has 2 heterocycles. The lowest BCUT2D eigenvalue weighted by Crippen LogP contribution is -2.60. The maximum Gasteiger partial charge on any atom is 0.408 e. The summed E-state index contributed by atoms with van der Waals surface area (Å²) >= 11 is 0. The van der Waals surface area contributed by atoms with Crippen molar-refractivity contribution in [3.8, 4) is 5.69 Å². The van der Waals surface area contributed by atoms with E-state index in [9.17, 15) is 24.0 Å². The van der Waals surface area contributed by atoms with Gasteiger partial charge in [-0.15, -0.1) is 0 Å². The van der Waals surface area contributed by atoms with Gasteiger partial charge in [-0.25, -0.2) is 19.2 Å². The van der Waals surface area contributed by atoms with Crippen molar-refractivity contribution in [1.82, 2.24) is 35.3 Å². The molecule has 2 aromatic rings. The van der Waals surface area contributed by atoms with Crippen LogP contribution in [0.15, 0.2) is 41.3 Å². The van der Waals surface area contributed by atoms with Crippen molar-refractivity contribution in [2.24, 2.45) is 5.92 Å². The average molecular weight is 753 g/mol. The first-order chi connectivity index (χ1) is 25.2. The van der Waals surface area contributed by atoms with Gasteiger partial charge < -0.3 is 35.2 Å². The third kappa shape index (κ3) is 13.0. The van der Waals surface area contributed by atoms with E-state index in [1.54, 1.807) is 56.7 Å². The van der Waals surface area contributed by atoms with Crippen LogP contribution in [0, 0.1) is 5.92 Å². The van der Waals surface area contributed by atoms with E-state index in [0.29, 0.717) is 24.2 Å². The van der Waals surface area contributed by atoms with Crippen molar-refractivity contribution in [3.63, 3.8) is 0 Å². The quantitative estimate of drug-likeness (QED) is 0.265. The molecule has 1 saturated carbocycles. The molecule has 5 amide bonds. The van der Waals surface area contributed by atoms with E-state index in [0.717, 1.165) is 37.7 Å². The largest absolute Gasteiger partial charge is 0.444 e. The second-order valence-electron chi connectivity index (χ2n) is 17.0. The van der Waals surface area contributed by atoms with Crippen molar-refractivity contribution < 1.29 is 28.7 Å². The number of anilines is 1. The molecule has 1 aromatic carbocycles. The third-order valence-electron chi connectivity index (χ3n) is 9.30. The summed E-state index contributed by atoms with van der Waals surface area (Å²) in [6.07, 6.45) is 5.60. The van der Waals surface area contributed by atoms with E-state index in [2.05, 4.69) is 33.2 Å². The Kier molecular flexibility index (Phi) is 13.8. The number of nitrogens with zero attached hydrogens (tertiary/aromatic N) is 4. The predicted molar refractivity (Wildman–Crippen MR) is 207 cm³/mol. The molecule has 1 saturated heterocycles. The summed E-state index contributed by atoms with van der Waals surface area (Å²) in [6.45, 7) is 18.0. The number of rotatable bonds is 10. The zero-order chi connectivity index (χ0) is 39.8. The first-order valence-electron chi connectivity index (χ1n) is 19.0. The topological polar surface area (TPSA) is 176 Å². The Morgan fingerprint density at radius 3 is 1.96 bits per heavy atom. The first-order valence-corrected chi connectivity index (χ1v) is 19.0. The highest BCUT2D eigenvalue weighted by Gasteiger charge is 2.37. The maximum atomic E-state index is 13.2. The summed E-state index contributed by atoms with van der Waals surface area (Å²) in [5, 5.41) is 12.0. The van der Waals surface area contributed by atoms with E-state index in [1.165, 1.54) is 4.57 Å². The summed E-state index contributed by atoms with van der Waals surface area (Å²) in [4.78, 5) is 70.6. The molecule has 2 aliphatic rings. The monoisotopic (exact) mass is 752 g/mol. The number of piperazine rings is 1. The number of hydrogen-bond acceptors (Lipinski definition) is 9. The second kappa shape index (κ2) is 17.7. The third-order valence-corrected chi connectivity index (χ3v) is 9.30. The van der Waals surface area contributed by atoms with Crippen LogP contribution < -0.4 is 27.0 Å². The van der Waals surface area contributed by atoms with Gasteiger partial charge in [0.25, 0.3) is 0 Å². The standard InChI is InChI=1S/C39H60N8O7/c1-26(41-29-14-10-28(11-15-29)25-40-35(51)53-37(2,3)4)24-27-12-16-30(17-13-27)47-19-18-31(43-34(47)50)42-33(49)46-22-20-45(21-23-46)32(48)39(8,9)44-36(52)54-38(5,6)7/h12-13,16-19,26,28-29,41H,10-11,14-15,20-25H2,1-9H3,(H,40,51)(H,44,52)(H,42,43,49,50). The zero-order valence-corrected chi connectivity index (χ0v) is 33.4. The number of ether oxygens (including phenoxy) is 2. The van der Waals surface area contributed by atoms with Gasteiger partial charge in [0.1, 0.15) is 22.6 Å². The van der Waals surface area contributed by atoms with Crippen LogP contribution in [0.3, 0.4) is 0 Å². The van der Waals surface area contributed by atoms with Crippen LogP contribution in [-0.4, -0.2) is 105 Å².